The number of nitrogens with one attached hydrogen (secondary N) is 1. The number of aromatic amines is 1. The van der Waals surface area contributed by atoms with Crippen LogP contribution in [0.3, 0.4) is 0 Å². The number of nitrogens with zero attached hydrogens (tertiary/aromatic N) is 4. The summed E-state index contributed by atoms with van der Waals surface area (Å²) in [5.74, 6) is 0.842. The lowest BCUT2D eigenvalue weighted by Crippen LogP contribution is -2.41. The minimum Gasteiger partial charge on any atom is -0.342 e. The van der Waals surface area contributed by atoms with Crippen molar-refractivity contribution >= 4 is 16.9 Å². The van der Waals surface area contributed by atoms with Crippen LogP contribution in [-0.4, -0.2) is 43.1 Å². The minimum atomic E-state index is -0.0562. The fraction of sp³-hybridized carbons (Fsp3) is 0.455. The zero-order chi connectivity index (χ0) is 20.0. The van der Waals surface area contributed by atoms with Crippen LogP contribution in [-0.2, 0) is 19.4 Å². The van der Waals surface area contributed by atoms with E-state index in [1.807, 2.05) is 30.0 Å². The van der Waals surface area contributed by atoms with Gasteiger partial charge in [-0.3, -0.25) is 9.59 Å². The molecule has 2 aliphatic rings. The molecule has 0 spiro atoms. The van der Waals surface area contributed by atoms with Crippen molar-refractivity contribution in [2.75, 3.05) is 6.54 Å². The minimum absolute atomic E-state index is 0.00598. The number of H-pyrrole nitrogens is 1. The monoisotopic (exact) mass is 391 g/mol. The number of likely N-dealkylation sites (tertiary alicyclic amines) is 1. The highest BCUT2D eigenvalue weighted by Crippen LogP contribution is 2.23. The molecular formula is C22H25N5O2. The van der Waals surface area contributed by atoms with E-state index >= 15 is 0 Å². The van der Waals surface area contributed by atoms with Crippen LogP contribution in [0, 0.1) is 6.92 Å². The van der Waals surface area contributed by atoms with E-state index in [2.05, 4.69) is 15.1 Å². The van der Waals surface area contributed by atoms with Gasteiger partial charge in [-0.15, -0.1) is 0 Å². The number of amides is 1. The number of aryl methyl sites for hydroxylation is 3. The Morgan fingerprint density at radius 1 is 1.21 bits per heavy atom. The van der Waals surface area contributed by atoms with Crippen LogP contribution >= 0.6 is 0 Å². The molecule has 0 saturated carbocycles. The molecular weight excluding hydrogens is 366 g/mol. The van der Waals surface area contributed by atoms with Crippen LogP contribution in [0.2, 0.25) is 0 Å². The van der Waals surface area contributed by atoms with Crippen LogP contribution in [0.5, 0.6) is 0 Å². The number of hydrogen-bond acceptors (Lipinski definition) is 4. The molecule has 150 valence electrons. The fourth-order valence-corrected chi connectivity index (χ4v) is 4.66. The van der Waals surface area contributed by atoms with Crippen molar-refractivity contribution in [1.82, 2.24) is 24.6 Å². The summed E-state index contributed by atoms with van der Waals surface area (Å²) in [7, 11) is 0. The van der Waals surface area contributed by atoms with Gasteiger partial charge in [0.25, 0.3) is 11.5 Å². The number of hydrogen-bond donors (Lipinski definition) is 1. The van der Waals surface area contributed by atoms with E-state index in [-0.39, 0.29) is 17.5 Å². The van der Waals surface area contributed by atoms with E-state index in [4.69, 9.17) is 0 Å². The molecule has 1 unspecified atom stereocenters. The van der Waals surface area contributed by atoms with Gasteiger partial charge in [0.2, 0.25) is 0 Å². The van der Waals surface area contributed by atoms with Crippen molar-refractivity contribution in [3.05, 3.63) is 57.3 Å². The number of imidazole rings is 1. The normalized spacial score (nSPS) is 18.9. The first-order valence-corrected chi connectivity index (χ1v) is 10.5. The fourth-order valence-electron chi connectivity index (χ4n) is 4.66. The molecule has 1 aliphatic carbocycles. The Morgan fingerprint density at radius 3 is 2.97 bits per heavy atom. The second-order valence-electron chi connectivity index (χ2n) is 8.19. The Balaban J connectivity index is 1.39. The van der Waals surface area contributed by atoms with Crippen LogP contribution < -0.4 is 5.56 Å². The molecule has 0 bridgehead atoms. The first kappa shape index (κ1) is 18.1. The lowest BCUT2D eigenvalue weighted by Gasteiger charge is -2.25. The summed E-state index contributed by atoms with van der Waals surface area (Å²) in [6, 6.07) is 7.33. The van der Waals surface area contributed by atoms with E-state index in [0.717, 1.165) is 66.6 Å². The standard InChI is InChI=1S/C22H25N5O2/c1-14-23-19-9-8-16(11-20(19)24-14)22(29)26-10-4-6-17(26)13-27-21(28)12-15-5-2-3-7-18(15)25-27/h8-9,11-12,17H,2-7,10,13H2,1H3,(H,23,24). The molecule has 1 aliphatic heterocycles. The Morgan fingerprint density at radius 2 is 2.07 bits per heavy atom. The summed E-state index contributed by atoms with van der Waals surface area (Å²) < 4.78 is 1.57. The molecule has 5 rings (SSSR count). The summed E-state index contributed by atoms with van der Waals surface area (Å²) in [5, 5.41) is 4.64. The van der Waals surface area contributed by atoms with Crippen molar-refractivity contribution < 1.29 is 4.79 Å². The van der Waals surface area contributed by atoms with Gasteiger partial charge in [0.15, 0.2) is 0 Å². The number of benzene rings is 1. The second kappa shape index (κ2) is 7.13. The van der Waals surface area contributed by atoms with Crippen LogP contribution in [0.4, 0.5) is 0 Å². The van der Waals surface area contributed by atoms with Gasteiger partial charge in [-0.25, -0.2) is 9.67 Å². The predicted molar refractivity (Wildman–Crippen MR) is 110 cm³/mol. The Bertz CT molecular complexity index is 1150. The highest BCUT2D eigenvalue weighted by atomic mass is 16.2. The van der Waals surface area contributed by atoms with E-state index in [9.17, 15) is 9.59 Å². The molecule has 7 heteroatoms. The molecule has 29 heavy (non-hydrogen) atoms. The lowest BCUT2D eigenvalue weighted by atomic mass is 9.97. The second-order valence-corrected chi connectivity index (χ2v) is 8.19. The number of aromatic nitrogens is 4. The average Bonchev–Trinajstić information content (AvgIpc) is 3.32. The van der Waals surface area contributed by atoms with Gasteiger partial charge >= 0.3 is 0 Å². The van der Waals surface area contributed by atoms with Crippen molar-refractivity contribution in [3.8, 4) is 0 Å². The molecule has 3 heterocycles. The smallest absolute Gasteiger partial charge is 0.267 e. The van der Waals surface area contributed by atoms with Gasteiger partial charge in [0.1, 0.15) is 5.82 Å². The molecule has 1 N–H and O–H groups in total. The van der Waals surface area contributed by atoms with Crippen LogP contribution in [0.1, 0.15) is 53.1 Å². The number of rotatable bonds is 3. The largest absolute Gasteiger partial charge is 0.342 e. The maximum absolute atomic E-state index is 13.2. The first-order valence-electron chi connectivity index (χ1n) is 10.5. The van der Waals surface area contributed by atoms with Crippen molar-refractivity contribution in [1.29, 1.82) is 0 Å². The van der Waals surface area contributed by atoms with Crippen molar-refractivity contribution in [2.24, 2.45) is 0 Å². The summed E-state index contributed by atoms with van der Waals surface area (Å²) >= 11 is 0. The molecule has 1 fully saturated rings. The molecule has 0 radical (unpaired) electrons. The van der Waals surface area contributed by atoms with E-state index in [1.54, 1.807) is 10.7 Å². The molecule has 2 aromatic heterocycles. The third kappa shape index (κ3) is 3.34. The third-order valence-electron chi connectivity index (χ3n) is 6.14. The van der Waals surface area contributed by atoms with Crippen molar-refractivity contribution in [2.45, 2.75) is 58.0 Å². The molecule has 1 saturated heterocycles. The zero-order valence-corrected chi connectivity index (χ0v) is 16.6. The van der Waals surface area contributed by atoms with Crippen LogP contribution in [0.25, 0.3) is 11.0 Å². The van der Waals surface area contributed by atoms with Gasteiger partial charge < -0.3 is 9.88 Å². The summed E-state index contributed by atoms with van der Waals surface area (Å²) in [6.45, 7) is 3.08. The molecule has 1 aromatic carbocycles. The Labute approximate surface area is 168 Å². The Kier molecular flexibility index (Phi) is 4.45. The third-order valence-corrected chi connectivity index (χ3v) is 6.14. The first-order chi connectivity index (χ1) is 14.1. The summed E-state index contributed by atoms with van der Waals surface area (Å²) in [4.78, 5) is 35.3. The topological polar surface area (TPSA) is 83.9 Å². The molecule has 1 atom stereocenters. The quantitative estimate of drug-likeness (QED) is 0.744. The number of carbonyl (C=O) groups excluding carboxylic acids is 1. The highest BCUT2D eigenvalue weighted by molar-refractivity contribution is 5.97. The molecule has 3 aromatic rings. The van der Waals surface area contributed by atoms with Gasteiger partial charge in [-0.1, -0.05) is 0 Å². The maximum atomic E-state index is 13.2. The maximum Gasteiger partial charge on any atom is 0.267 e. The number of fused-ring (bicyclic) bond motifs is 2. The van der Waals surface area contributed by atoms with Crippen molar-refractivity contribution in [3.63, 3.8) is 0 Å². The van der Waals surface area contributed by atoms with Gasteiger partial charge in [-0.05, 0) is 69.2 Å². The lowest BCUT2D eigenvalue weighted by molar-refractivity contribution is 0.0720. The van der Waals surface area contributed by atoms with E-state index < -0.39 is 0 Å². The molecule has 7 nitrogen and oxygen atoms in total. The summed E-state index contributed by atoms with van der Waals surface area (Å²) in [5.41, 5.74) is 4.48. The van der Waals surface area contributed by atoms with Gasteiger partial charge in [-0.2, -0.15) is 5.10 Å². The van der Waals surface area contributed by atoms with Gasteiger partial charge in [0, 0.05) is 18.2 Å². The number of carbonyl (C=O) groups is 1. The summed E-state index contributed by atoms with van der Waals surface area (Å²) in [6.07, 6.45) is 5.98. The average molecular weight is 391 g/mol. The van der Waals surface area contributed by atoms with Crippen LogP contribution in [0.15, 0.2) is 29.1 Å². The zero-order valence-electron chi connectivity index (χ0n) is 16.6. The SMILES string of the molecule is Cc1nc2ccc(C(=O)N3CCCC3Cn3nc4c(cc3=O)CCCC4)cc2[nH]1. The highest BCUT2D eigenvalue weighted by Gasteiger charge is 2.30. The predicted octanol–water partition coefficient (Wildman–Crippen LogP) is 2.61. The van der Waals surface area contributed by atoms with E-state index in [0.29, 0.717) is 18.7 Å². The Hall–Kier alpha value is -2.96. The van der Waals surface area contributed by atoms with Gasteiger partial charge in [0.05, 0.1) is 29.3 Å². The molecule has 1 amide bonds. The van der Waals surface area contributed by atoms with E-state index in [1.165, 1.54) is 0 Å².